The molecule has 1 atom stereocenters. The first-order valence-corrected chi connectivity index (χ1v) is 6.13. The highest BCUT2D eigenvalue weighted by molar-refractivity contribution is 5.93. The van der Waals surface area contributed by atoms with Gasteiger partial charge in [-0.05, 0) is 24.6 Å². The van der Waals surface area contributed by atoms with Crippen molar-refractivity contribution in [1.29, 1.82) is 0 Å². The van der Waals surface area contributed by atoms with Crippen LogP contribution in [0.3, 0.4) is 0 Å². The number of amides is 1. The molecule has 1 aromatic carbocycles. The highest BCUT2D eigenvalue weighted by Gasteiger charge is 2.16. The Morgan fingerprint density at radius 2 is 2.22 bits per heavy atom. The van der Waals surface area contributed by atoms with E-state index < -0.39 is 0 Å². The lowest BCUT2D eigenvalue weighted by molar-refractivity contribution is -0.0212. The highest BCUT2D eigenvalue weighted by atomic mass is 16.5. The van der Waals surface area contributed by atoms with Gasteiger partial charge in [0.1, 0.15) is 0 Å². The van der Waals surface area contributed by atoms with Crippen LogP contribution in [-0.2, 0) is 11.3 Å². The third-order valence-corrected chi connectivity index (χ3v) is 3.08. The fourth-order valence-corrected chi connectivity index (χ4v) is 2.14. The molecule has 2 rings (SSSR count). The van der Waals surface area contributed by atoms with Gasteiger partial charge in [-0.3, -0.25) is 15.1 Å². The summed E-state index contributed by atoms with van der Waals surface area (Å²) in [4.78, 5) is 13.6. The number of hydrogen-bond acceptors (Lipinski definition) is 4. The Morgan fingerprint density at radius 1 is 1.50 bits per heavy atom. The van der Waals surface area contributed by atoms with Crippen LogP contribution in [0.4, 0.5) is 0 Å². The molecular formula is C13H19N3O2. The molecule has 1 unspecified atom stereocenters. The minimum Gasteiger partial charge on any atom is -0.376 e. The van der Waals surface area contributed by atoms with Gasteiger partial charge in [-0.15, -0.1) is 0 Å². The summed E-state index contributed by atoms with van der Waals surface area (Å²) in [6.45, 7) is 5.66. The number of nitrogens with zero attached hydrogens (tertiary/aromatic N) is 1. The van der Waals surface area contributed by atoms with Gasteiger partial charge in [-0.25, -0.2) is 5.84 Å². The number of carbonyl (C=O) groups is 1. The molecule has 0 aliphatic carbocycles. The summed E-state index contributed by atoms with van der Waals surface area (Å²) in [5.41, 5.74) is 3.89. The van der Waals surface area contributed by atoms with E-state index in [4.69, 9.17) is 10.6 Å². The van der Waals surface area contributed by atoms with Gasteiger partial charge in [0.25, 0.3) is 5.91 Å². The highest BCUT2D eigenvalue weighted by Crippen LogP contribution is 2.11. The van der Waals surface area contributed by atoms with E-state index in [0.29, 0.717) is 11.7 Å². The van der Waals surface area contributed by atoms with Crippen LogP contribution in [0.15, 0.2) is 24.3 Å². The molecule has 0 radical (unpaired) electrons. The predicted octanol–water partition coefficient (Wildman–Crippen LogP) is 0.511. The molecule has 5 nitrogen and oxygen atoms in total. The summed E-state index contributed by atoms with van der Waals surface area (Å²) < 4.78 is 5.50. The van der Waals surface area contributed by atoms with Crippen LogP contribution >= 0.6 is 0 Å². The lowest BCUT2D eigenvalue weighted by Crippen LogP contribution is -2.40. The molecule has 3 N–H and O–H groups in total. The maximum absolute atomic E-state index is 11.3. The number of benzene rings is 1. The van der Waals surface area contributed by atoms with Crippen molar-refractivity contribution in [3.8, 4) is 0 Å². The van der Waals surface area contributed by atoms with Crippen molar-refractivity contribution in [2.24, 2.45) is 5.84 Å². The molecule has 1 saturated heterocycles. The summed E-state index contributed by atoms with van der Waals surface area (Å²) in [7, 11) is 0. The van der Waals surface area contributed by atoms with E-state index >= 15 is 0 Å². The monoisotopic (exact) mass is 249 g/mol. The quantitative estimate of drug-likeness (QED) is 0.465. The average Bonchev–Trinajstić information content (AvgIpc) is 2.39. The lowest BCUT2D eigenvalue weighted by Gasteiger charge is -2.31. The van der Waals surface area contributed by atoms with Crippen molar-refractivity contribution in [2.75, 3.05) is 19.7 Å². The molecule has 5 heteroatoms. The first kappa shape index (κ1) is 13.0. The maximum Gasteiger partial charge on any atom is 0.265 e. The average molecular weight is 249 g/mol. The summed E-state index contributed by atoms with van der Waals surface area (Å²) in [6.07, 6.45) is 0.293. The van der Waals surface area contributed by atoms with E-state index in [-0.39, 0.29) is 5.91 Å². The van der Waals surface area contributed by atoms with Crippen LogP contribution in [0.5, 0.6) is 0 Å². The van der Waals surface area contributed by atoms with E-state index in [2.05, 4.69) is 17.2 Å². The number of hydrazine groups is 1. The third-order valence-electron chi connectivity index (χ3n) is 3.08. The molecule has 0 aromatic heterocycles. The van der Waals surface area contributed by atoms with Gasteiger partial charge in [0.15, 0.2) is 0 Å². The van der Waals surface area contributed by atoms with Crippen molar-refractivity contribution in [3.63, 3.8) is 0 Å². The lowest BCUT2D eigenvalue weighted by atomic mass is 10.1. The summed E-state index contributed by atoms with van der Waals surface area (Å²) >= 11 is 0. The van der Waals surface area contributed by atoms with Gasteiger partial charge < -0.3 is 4.74 Å². The second-order valence-electron chi connectivity index (χ2n) is 4.59. The molecule has 18 heavy (non-hydrogen) atoms. The Bertz CT molecular complexity index is 405. The van der Waals surface area contributed by atoms with E-state index in [1.165, 1.54) is 5.56 Å². The van der Waals surface area contributed by atoms with Gasteiger partial charge in [-0.1, -0.05) is 12.1 Å². The Morgan fingerprint density at radius 3 is 2.83 bits per heavy atom. The number of morpholine rings is 1. The summed E-state index contributed by atoms with van der Waals surface area (Å²) in [6, 6.07) is 7.51. The Balaban J connectivity index is 1.95. The minimum absolute atomic E-state index is 0.262. The van der Waals surface area contributed by atoms with E-state index in [9.17, 15) is 4.79 Å². The molecule has 0 bridgehead atoms. The summed E-state index contributed by atoms with van der Waals surface area (Å²) in [5.74, 6) is 4.82. The first-order chi connectivity index (χ1) is 8.69. The molecule has 1 fully saturated rings. The normalized spacial score (nSPS) is 20.7. The van der Waals surface area contributed by atoms with E-state index in [0.717, 1.165) is 26.2 Å². The van der Waals surface area contributed by atoms with Gasteiger partial charge >= 0.3 is 0 Å². The maximum atomic E-state index is 11.3. The van der Waals surface area contributed by atoms with Crippen molar-refractivity contribution in [1.82, 2.24) is 10.3 Å². The second kappa shape index (κ2) is 5.95. The van der Waals surface area contributed by atoms with Crippen LogP contribution in [0.25, 0.3) is 0 Å². The summed E-state index contributed by atoms with van der Waals surface area (Å²) in [5, 5.41) is 0. The van der Waals surface area contributed by atoms with Gasteiger partial charge in [-0.2, -0.15) is 0 Å². The SMILES string of the molecule is CC1CN(Cc2ccc(C(=O)NN)cc2)CCO1. The molecular weight excluding hydrogens is 230 g/mol. The van der Waals surface area contributed by atoms with Crippen molar-refractivity contribution >= 4 is 5.91 Å². The molecule has 1 heterocycles. The Hall–Kier alpha value is -1.43. The van der Waals surface area contributed by atoms with Crippen LogP contribution < -0.4 is 11.3 Å². The molecule has 1 aromatic rings. The van der Waals surface area contributed by atoms with E-state index in [1.807, 2.05) is 12.1 Å². The number of rotatable bonds is 3. The second-order valence-corrected chi connectivity index (χ2v) is 4.59. The Kier molecular flexibility index (Phi) is 4.30. The van der Waals surface area contributed by atoms with Gasteiger partial charge in [0.05, 0.1) is 12.7 Å². The molecule has 98 valence electrons. The van der Waals surface area contributed by atoms with Crippen LogP contribution in [0.2, 0.25) is 0 Å². The first-order valence-electron chi connectivity index (χ1n) is 6.13. The number of hydrogen-bond donors (Lipinski definition) is 2. The topological polar surface area (TPSA) is 67.6 Å². The standard InChI is InChI=1S/C13H19N3O2/c1-10-8-16(6-7-18-10)9-11-2-4-12(5-3-11)13(17)15-14/h2-5,10H,6-9,14H2,1H3,(H,15,17). The zero-order chi connectivity index (χ0) is 13.0. The van der Waals surface area contributed by atoms with E-state index in [1.54, 1.807) is 12.1 Å². The number of carbonyl (C=O) groups excluding carboxylic acids is 1. The number of nitrogen functional groups attached to an aromatic ring is 1. The van der Waals surface area contributed by atoms with Gasteiger partial charge in [0.2, 0.25) is 0 Å². The molecule has 1 amide bonds. The minimum atomic E-state index is -0.262. The predicted molar refractivity (Wildman–Crippen MR) is 68.8 cm³/mol. The van der Waals surface area contributed by atoms with Crippen molar-refractivity contribution < 1.29 is 9.53 Å². The van der Waals surface area contributed by atoms with Crippen LogP contribution in [0.1, 0.15) is 22.8 Å². The molecule has 0 saturated carbocycles. The zero-order valence-electron chi connectivity index (χ0n) is 10.6. The third kappa shape index (κ3) is 3.29. The zero-order valence-corrected chi connectivity index (χ0v) is 10.6. The van der Waals surface area contributed by atoms with Gasteiger partial charge in [0, 0.05) is 25.2 Å². The van der Waals surface area contributed by atoms with Crippen molar-refractivity contribution in [2.45, 2.75) is 19.6 Å². The van der Waals surface area contributed by atoms with Crippen molar-refractivity contribution in [3.05, 3.63) is 35.4 Å². The molecule has 0 spiro atoms. The fourth-order valence-electron chi connectivity index (χ4n) is 2.14. The Labute approximate surface area is 107 Å². The molecule has 1 aliphatic heterocycles. The van der Waals surface area contributed by atoms with Crippen LogP contribution in [-0.4, -0.2) is 36.6 Å². The largest absolute Gasteiger partial charge is 0.376 e. The smallest absolute Gasteiger partial charge is 0.265 e. The number of ether oxygens (including phenoxy) is 1. The van der Waals surface area contributed by atoms with Crippen LogP contribution in [0, 0.1) is 0 Å². The number of nitrogens with two attached hydrogens (primary N) is 1. The fraction of sp³-hybridized carbons (Fsp3) is 0.462. The molecule has 1 aliphatic rings. The number of nitrogens with one attached hydrogen (secondary N) is 1.